The van der Waals surface area contributed by atoms with Crippen molar-refractivity contribution in [2.45, 2.75) is 32.9 Å². The van der Waals surface area contributed by atoms with Gasteiger partial charge in [0.1, 0.15) is 0 Å². The van der Waals surface area contributed by atoms with Gasteiger partial charge in [-0.1, -0.05) is 61.5 Å². The van der Waals surface area contributed by atoms with E-state index in [4.69, 9.17) is 0 Å². The van der Waals surface area contributed by atoms with E-state index in [0.717, 1.165) is 38.2 Å². The zero-order valence-corrected chi connectivity index (χ0v) is 16.4. The van der Waals surface area contributed by atoms with E-state index >= 15 is 0 Å². The summed E-state index contributed by atoms with van der Waals surface area (Å²) in [4.78, 5) is 17.1. The maximum atomic E-state index is 12.0. The van der Waals surface area contributed by atoms with Crippen molar-refractivity contribution in [3.63, 3.8) is 0 Å². The molecular weight excluding hydrogens is 334 g/mol. The Bertz CT molecular complexity index is 691. The number of benzene rings is 2. The fourth-order valence-electron chi connectivity index (χ4n) is 3.48. The van der Waals surface area contributed by atoms with Gasteiger partial charge < -0.3 is 10.2 Å². The summed E-state index contributed by atoms with van der Waals surface area (Å²) in [6.07, 6.45) is 1.32. The standard InChI is InChI=1S/C23H31N3O/c1-2-25-14-16-26(17-15-25)19-22-10-8-21(9-11-22)18-24-23(27)13-12-20-6-4-3-5-7-20/h3-11H,2,12-19H2,1H3,(H,24,27). The van der Waals surface area contributed by atoms with Gasteiger partial charge in [-0.2, -0.15) is 0 Å². The Kier molecular flexibility index (Phi) is 7.43. The molecule has 3 rings (SSSR count). The van der Waals surface area contributed by atoms with Crippen LogP contribution in [0.1, 0.15) is 30.0 Å². The molecule has 0 aliphatic carbocycles. The highest BCUT2D eigenvalue weighted by molar-refractivity contribution is 5.76. The summed E-state index contributed by atoms with van der Waals surface area (Å²) in [6.45, 7) is 9.63. The average Bonchev–Trinajstić information content (AvgIpc) is 2.73. The van der Waals surface area contributed by atoms with Crippen LogP contribution in [0.15, 0.2) is 54.6 Å². The van der Waals surface area contributed by atoms with Crippen LogP contribution in [0, 0.1) is 0 Å². The van der Waals surface area contributed by atoms with Crippen LogP contribution in [0.3, 0.4) is 0 Å². The topological polar surface area (TPSA) is 35.6 Å². The van der Waals surface area contributed by atoms with Crippen molar-refractivity contribution in [2.24, 2.45) is 0 Å². The first-order valence-corrected chi connectivity index (χ1v) is 10.1. The molecule has 2 aromatic rings. The van der Waals surface area contributed by atoms with Gasteiger partial charge in [0, 0.05) is 45.7 Å². The molecule has 0 radical (unpaired) electrons. The quantitative estimate of drug-likeness (QED) is 0.781. The molecule has 144 valence electrons. The minimum Gasteiger partial charge on any atom is -0.352 e. The molecule has 0 unspecified atom stereocenters. The summed E-state index contributed by atoms with van der Waals surface area (Å²) >= 11 is 0. The molecule has 4 heteroatoms. The molecule has 1 heterocycles. The molecule has 27 heavy (non-hydrogen) atoms. The molecule has 0 atom stereocenters. The molecule has 1 aliphatic rings. The lowest BCUT2D eigenvalue weighted by atomic mass is 10.1. The molecule has 2 aromatic carbocycles. The van der Waals surface area contributed by atoms with Gasteiger partial charge in [-0.05, 0) is 29.7 Å². The van der Waals surface area contributed by atoms with Gasteiger partial charge in [-0.25, -0.2) is 0 Å². The largest absolute Gasteiger partial charge is 0.352 e. The van der Waals surface area contributed by atoms with Gasteiger partial charge >= 0.3 is 0 Å². The van der Waals surface area contributed by atoms with Gasteiger partial charge in [-0.15, -0.1) is 0 Å². The third-order valence-corrected chi connectivity index (χ3v) is 5.31. The number of nitrogens with zero attached hydrogens (tertiary/aromatic N) is 2. The summed E-state index contributed by atoms with van der Waals surface area (Å²) in [5.41, 5.74) is 3.71. The Morgan fingerprint density at radius 3 is 2.15 bits per heavy atom. The minimum atomic E-state index is 0.108. The molecule has 1 amide bonds. The van der Waals surface area contributed by atoms with Crippen molar-refractivity contribution in [1.82, 2.24) is 15.1 Å². The number of carbonyl (C=O) groups excluding carboxylic acids is 1. The number of aryl methyl sites for hydroxylation is 1. The fourth-order valence-corrected chi connectivity index (χ4v) is 3.48. The van der Waals surface area contributed by atoms with E-state index < -0.39 is 0 Å². The molecular formula is C23H31N3O. The lowest BCUT2D eigenvalue weighted by Crippen LogP contribution is -2.45. The first-order valence-electron chi connectivity index (χ1n) is 10.1. The molecule has 1 saturated heterocycles. The number of hydrogen-bond donors (Lipinski definition) is 1. The molecule has 0 aromatic heterocycles. The van der Waals surface area contributed by atoms with Crippen molar-refractivity contribution in [1.29, 1.82) is 0 Å². The molecule has 4 nitrogen and oxygen atoms in total. The van der Waals surface area contributed by atoms with Crippen LogP contribution in [0.25, 0.3) is 0 Å². The Morgan fingerprint density at radius 1 is 0.852 bits per heavy atom. The Morgan fingerprint density at radius 2 is 1.48 bits per heavy atom. The molecule has 0 bridgehead atoms. The highest BCUT2D eigenvalue weighted by Crippen LogP contribution is 2.10. The highest BCUT2D eigenvalue weighted by atomic mass is 16.1. The Hall–Kier alpha value is -2.17. The minimum absolute atomic E-state index is 0.108. The number of likely N-dealkylation sites (N-methyl/N-ethyl adjacent to an activating group) is 1. The summed E-state index contributed by atoms with van der Waals surface area (Å²) in [5.74, 6) is 0.108. The Labute approximate surface area is 163 Å². The van der Waals surface area contributed by atoms with Crippen LogP contribution >= 0.6 is 0 Å². The maximum Gasteiger partial charge on any atom is 0.220 e. The van der Waals surface area contributed by atoms with E-state index in [1.807, 2.05) is 18.2 Å². The van der Waals surface area contributed by atoms with E-state index in [1.54, 1.807) is 0 Å². The van der Waals surface area contributed by atoms with Crippen LogP contribution in [-0.4, -0.2) is 48.4 Å². The van der Waals surface area contributed by atoms with Crippen molar-refractivity contribution < 1.29 is 4.79 Å². The normalized spacial score (nSPS) is 15.6. The smallest absolute Gasteiger partial charge is 0.220 e. The van der Waals surface area contributed by atoms with Crippen molar-refractivity contribution in [3.8, 4) is 0 Å². The lowest BCUT2D eigenvalue weighted by Gasteiger charge is -2.34. The summed E-state index contributed by atoms with van der Waals surface area (Å²) in [7, 11) is 0. The number of piperazine rings is 1. The van der Waals surface area contributed by atoms with Gasteiger partial charge in [0.05, 0.1) is 0 Å². The summed E-state index contributed by atoms with van der Waals surface area (Å²) in [6, 6.07) is 18.8. The third-order valence-electron chi connectivity index (χ3n) is 5.31. The summed E-state index contributed by atoms with van der Waals surface area (Å²) in [5, 5.41) is 3.03. The van der Waals surface area contributed by atoms with E-state index in [0.29, 0.717) is 13.0 Å². The van der Waals surface area contributed by atoms with Gasteiger partial charge in [-0.3, -0.25) is 9.69 Å². The second kappa shape index (κ2) is 10.2. The van der Waals surface area contributed by atoms with Gasteiger partial charge in [0.2, 0.25) is 5.91 Å². The lowest BCUT2D eigenvalue weighted by molar-refractivity contribution is -0.121. The van der Waals surface area contributed by atoms with Crippen LogP contribution in [0.4, 0.5) is 0 Å². The zero-order valence-electron chi connectivity index (χ0n) is 16.4. The Balaban J connectivity index is 1.38. The fraction of sp³-hybridized carbons (Fsp3) is 0.435. The maximum absolute atomic E-state index is 12.0. The van der Waals surface area contributed by atoms with E-state index in [2.05, 4.69) is 58.4 Å². The monoisotopic (exact) mass is 365 g/mol. The number of amides is 1. The van der Waals surface area contributed by atoms with Crippen LogP contribution in [0.5, 0.6) is 0 Å². The average molecular weight is 366 g/mol. The molecule has 1 N–H and O–H groups in total. The van der Waals surface area contributed by atoms with Crippen LogP contribution in [0.2, 0.25) is 0 Å². The molecule has 0 saturated carbocycles. The zero-order chi connectivity index (χ0) is 18.9. The second-order valence-electron chi connectivity index (χ2n) is 7.29. The molecule has 1 fully saturated rings. The number of hydrogen-bond acceptors (Lipinski definition) is 3. The predicted octanol–water partition coefficient (Wildman–Crippen LogP) is 3.07. The van der Waals surface area contributed by atoms with E-state index in [-0.39, 0.29) is 5.91 Å². The van der Waals surface area contributed by atoms with E-state index in [1.165, 1.54) is 24.2 Å². The van der Waals surface area contributed by atoms with Crippen LogP contribution in [-0.2, 0) is 24.3 Å². The molecule has 1 aliphatic heterocycles. The van der Waals surface area contributed by atoms with Crippen LogP contribution < -0.4 is 5.32 Å². The molecule has 0 spiro atoms. The second-order valence-corrected chi connectivity index (χ2v) is 7.29. The third kappa shape index (κ3) is 6.49. The first-order chi connectivity index (χ1) is 13.2. The highest BCUT2D eigenvalue weighted by Gasteiger charge is 2.15. The van der Waals surface area contributed by atoms with Crippen molar-refractivity contribution in [3.05, 3.63) is 71.3 Å². The number of rotatable bonds is 8. The number of carbonyl (C=O) groups is 1. The predicted molar refractivity (Wildman–Crippen MR) is 110 cm³/mol. The first kappa shape index (κ1) is 19.6. The van der Waals surface area contributed by atoms with Crippen molar-refractivity contribution >= 4 is 5.91 Å². The summed E-state index contributed by atoms with van der Waals surface area (Å²) < 4.78 is 0. The van der Waals surface area contributed by atoms with Gasteiger partial charge in [0.25, 0.3) is 0 Å². The SMILES string of the molecule is CCN1CCN(Cc2ccc(CNC(=O)CCc3ccccc3)cc2)CC1. The van der Waals surface area contributed by atoms with E-state index in [9.17, 15) is 4.79 Å². The number of nitrogens with one attached hydrogen (secondary N) is 1. The van der Waals surface area contributed by atoms with Gasteiger partial charge in [0.15, 0.2) is 0 Å². The van der Waals surface area contributed by atoms with Crippen molar-refractivity contribution in [2.75, 3.05) is 32.7 Å².